The number of nitrogens with zero attached hydrogens (tertiary/aromatic N) is 5. The van der Waals surface area contributed by atoms with Gasteiger partial charge in [-0.3, -0.25) is 10.1 Å². The smallest absolute Gasteiger partial charge is 0.279 e. The lowest BCUT2D eigenvalue weighted by Crippen LogP contribution is -2.14. The predicted molar refractivity (Wildman–Crippen MR) is 102 cm³/mol. The number of anilines is 1. The van der Waals surface area contributed by atoms with Gasteiger partial charge in [0.25, 0.3) is 5.91 Å². The largest absolute Gasteiger partial charge is 0.295 e. The van der Waals surface area contributed by atoms with Gasteiger partial charge in [0.1, 0.15) is 5.01 Å². The van der Waals surface area contributed by atoms with E-state index in [1.165, 1.54) is 29.7 Å². The molecule has 26 heavy (non-hydrogen) atoms. The Labute approximate surface area is 156 Å². The SMILES string of the molecule is CCCCc1ccc(-n2nnc(C(=O)Nc3nnc(CC)s3)c2C)cc1. The van der Waals surface area contributed by atoms with Crippen molar-refractivity contribution in [1.82, 2.24) is 25.2 Å². The third-order valence-electron chi connectivity index (χ3n) is 4.10. The van der Waals surface area contributed by atoms with Crippen molar-refractivity contribution in [3.63, 3.8) is 0 Å². The van der Waals surface area contributed by atoms with Gasteiger partial charge >= 0.3 is 0 Å². The molecule has 7 nitrogen and oxygen atoms in total. The van der Waals surface area contributed by atoms with Crippen LogP contribution in [0, 0.1) is 6.92 Å². The van der Waals surface area contributed by atoms with Crippen molar-refractivity contribution in [3.8, 4) is 5.69 Å². The number of hydrogen-bond acceptors (Lipinski definition) is 6. The Morgan fingerprint density at radius 1 is 1.15 bits per heavy atom. The van der Waals surface area contributed by atoms with Crippen molar-refractivity contribution in [2.45, 2.75) is 46.5 Å². The lowest BCUT2D eigenvalue weighted by molar-refractivity contribution is 0.102. The maximum Gasteiger partial charge on any atom is 0.279 e. The summed E-state index contributed by atoms with van der Waals surface area (Å²) in [5, 5.41) is 20.2. The zero-order valence-corrected chi connectivity index (χ0v) is 16.0. The van der Waals surface area contributed by atoms with E-state index in [0.29, 0.717) is 10.8 Å². The van der Waals surface area contributed by atoms with Gasteiger partial charge in [0, 0.05) is 0 Å². The number of hydrogen-bond donors (Lipinski definition) is 1. The maximum atomic E-state index is 12.5. The number of unbranched alkanes of at least 4 members (excludes halogenated alkanes) is 1. The average molecular weight is 370 g/mol. The van der Waals surface area contributed by atoms with Crippen LogP contribution >= 0.6 is 11.3 Å². The van der Waals surface area contributed by atoms with Crippen molar-refractivity contribution in [1.29, 1.82) is 0 Å². The average Bonchev–Trinajstić information content (AvgIpc) is 3.26. The van der Waals surface area contributed by atoms with E-state index in [4.69, 9.17) is 0 Å². The number of aryl methyl sites for hydroxylation is 2. The number of carbonyl (C=O) groups is 1. The molecule has 1 amide bonds. The minimum atomic E-state index is -0.327. The number of rotatable bonds is 7. The highest BCUT2D eigenvalue weighted by molar-refractivity contribution is 7.15. The van der Waals surface area contributed by atoms with E-state index in [1.807, 2.05) is 26.0 Å². The Kier molecular flexibility index (Phi) is 5.72. The zero-order valence-electron chi connectivity index (χ0n) is 15.2. The Balaban J connectivity index is 1.75. The van der Waals surface area contributed by atoms with Crippen LogP contribution in [0.1, 0.15) is 53.4 Å². The summed E-state index contributed by atoms with van der Waals surface area (Å²) in [5.41, 5.74) is 3.16. The molecule has 3 aromatic rings. The molecule has 2 heterocycles. The van der Waals surface area contributed by atoms with Gasteiger partial charge in [0.05, 0.1) is 11.4 Å². The Bertz CT molecular complexity index is 883. The van der Waals surface area contributed by atoms with Gasteiger partial charge in [-0.25, -0.2) is 4.68 Å². The van der Waals surface area contributed by atoms with E-state index in [9.17, 15) is 4.79 Å². The highest BCUT2D eigenvalue weighted by Crippen LogP contribution is 2.18. The topological polar surface area (TPSA) is 85.6 Å². The van der Waals surface area contributed by atoms with E-state index < -0.39 is 0 Å². The summed E-state index contributed by atoms with van der Waals surface area (Å²) in [7, 11) is 0. The highest BCUT2D eigenvalue weighted by Gasteiger charge is 2.19. The molecule has 0 saturated carbocycles. The summed E-state index contributed by atoms with van der Waals surface area (Å²) in [6, 6.07) is 8.21. The number of nitrogens with one attached hydrogen (secondary N) is 1. The normalized spacial score (nSPS) is 10.9. The second-order valence-corrected chi connectivity index (χ2v) is 7.08. The predicted octanol–water partition coefficient (Wildman–Crippen LogP) is 3.58. The van der Waals surface area contributed by atoms with Crippen LogP contribution in [0.5, 0.6) is 0 Å². The van der Waals surface area contributed by atoms with Crippen LogP contribution in [0.3, 0.4) is 0 Å². The molecule has 0 unspecified atom stereocenters. The fraction of sp³-hybridized carbons (Fsp3) is 0.389. The summed E-state index contributed by atoms with van der Waals surface area (Å²) >= 11 is 1.36. The van der Waals surface area contributed by atoms with Gasteiger partial charge in [-0.1, -0.05) is 49.0 Å². The molecule has 0 fully saturated rings. The van der Waals surface area contributed by atoms with Gasteiger partial charge in [-0.15, -0.1) is 15.3 Å². The van der Waals surface area contributed by atoms with Crippen molar-refractivity contribution in [3.05, 3.63) is 46.2 Å². The summed E-state index contributed by atoms with van der Waals surface area (Å²) < 4.78 is 1.68. The van der Waals surface area contributed by atoms with E-state index >= 15 is 0 Å². The second-order valence-electron chi connectivity index (χ2n) is 6.01. The minimum absolute atomic E-state index is 0.285. The molecule has 0 atom stereocenters. The lowest BCUT2D eigenvalue weighted by atomic mass is 10.1. The molecule has 1 N–H and O–H groups in total. The molecule has 0 bridgehead atoms. The number of aromatic nitrogens is 5. The number of amides is 1. The zero-order chi connectivity index (χ0) is 18.5. The highest BCUT2D eigenvalue weighted by atomic mass is 32.1. The minimum Gasteiger partial charge on any atom is -0.295 e. The number of benzene rings is 1. The fourth-order valence-electron chi connectivity index (χ4n) is 2.57. The Morgan fingerprint density at radius 3 is 2.58 bits per heavy atom. The molecule has 8 heteroatoms. The molecule has 0 aliphatic carbocycles. The molecule has 3 rings (SSSR count). The molecule has 136 valence electrons. The van der Waals surface area contributed by atoms with Crippen LogP contribution in [-0.4, -0.2) is 31.1 Å². The van der Waals surface area contributed by atoms with E-state index in [2.05, 4.69) is 44.9 Å². The first-order chi connectivity index (χ1) is 12.6. The first-order valence-electron chi connectivity index (χ1n) is 8.77. The van der Waals surface area contributed by atoms with Crippen LogP contribution in [0.15, 0.2) is 24.3 Å². The quantitative estimate of drug-likeness (QED) is 0.687. The van der Waals surface area contributed by atoms with Gasteiger partial charge in [0.15, 0.2) is 5.69 Å². The monoisotopic (exact) mass is 370 g/mol. The maximum absolute atomic E-state index is 12.5. The molecule has 1 aromatic carbocycles. The molecular weight excluding hydrogens is 348 g/mol. The van der Waals surface area contributed by atoms with E-state index in [0.717, 1.165) is 23.5 Å². The van der Waals surface area contributed by atoms with Gasteiger partial charge in [-0.05, 0) is 43.9 Å². The van der Waals surface area contributed by atoms with Crippen LogP contribution in [0.25, 0.3) is 5.69 Å². The van der Waals surface area contributed by atoms with Crippen molar-refractivity contribution in [2.75, 3.05) is 5.32 Å². The summed E-state index contributed by atoms with van der Waals surface area (Å²) in [6.07, 6.45) is 4.22. The lowest BCUT2D eigenvalue weighted by Gasteiger charge is -2.05. The number of carbonyl (C=O) groups excluding carboxylic acids is 1. The molecule has 0 spiro atoms. The third kappa shape index (κ3) is 3.96. The van der Waals surface area contributed by atoms with Crippen LogP contribution in [0.2, 0.25) is 0 Å². The van der Waals surface area contributed by atoms with Gasteiger partial charge < -0.3 is 0 Å². The molecule has 0 aliphatic heterocycles. The Hall–Kier alpha value is -2.61. The molecule has 0 aliphatic rings. The van der Waals surface area contributed by atoms with Gasteiger partial charge in [-0.2, -0.15) is 0 Å². The first kappa shape index (κ1) is 18.2. The Morgan fingerprint density at radius 2 is 1.92 bits per heavy atom. The van der Waals surface area contributed by atoms with Crippen LogP contribution < -0.4 is 5.32 Å². The van der Waals surface area contributed by atoms with Gasteiger partial charge in [0.2, 0.25) is 5.13 Å². The molecule has 2 aromatic heterocycles. The fourth-order valence-corrected chi connectivity index (χ4v) is 3.25. The summed E-state index contributed by atoms with van der Waals surface area (Å²) in [5.74, 6) is -0.327. The van der Waals surface area contributed by atoms with Crippen LogP contribution in [0.4, 0.5) is 5.13 Å². The molecule has 0 saturated heterocycles. The third-order valence-corrected chi connectivity index (χ3v) is 5.08. The molecule has 0 radical (unpaired) electrons. The standard InChI is InChI=1S/C18H22N6OS/c1-4-6-7-13-8-10-14(11-9-13)24-12(3)16(21-23-24)17(25)19-18-22-20-15(5-2)26-18/h8-11H,4-7H2,1-3H3,(H,19,22,25). The van der Waals surface area contributed by atoms with Crippen molar-refractivity contribution >= 4 is 22.4 Å². The summed E-state index contributed by atoms with van der Waals surface area (Å²) in [4.78, 5) is 12.5. The first-order valence-corrected chi connectivity index (χ1v) is 9.59. The van der Waals surface area contributed by atoms with E-state index in [1.54, 1.807) is 4.68 Å². The van der Waals surface area contributed by atoms with Crippen molar-refractivity contribution < 1.29 is 4.79 Å². The van der Waals surface area contributed by atoms with Crippen molar-refractivity contribution in [2.24, 2.45) is 0 Å². The summed E-state index contributed by atoms with van der Waals surface area (Å²) in [6.45, 7) is 6.01. The van der Waals surface area contributed by atoms with E-state index in [-0.39, 0.29) is 11.6 Å². The second kappa shape index (κ2) is 8.18. The molecular formula is C18H22N6OS. The van der Waals surface area contributed by atoms with Crippen LogP contribution in [-0.2, 0) is 12.8 Å².